The van der Waals surface area contributed by atoms with Crippen LogP contribution in [0.15, 0.2) is 23.7 Å². The van der Waals surface area contributed by atoms with Crippen molar-refractivity contribution in [2.24, 2.45) is 59.2 Å². The smallest absolute Gasteiger partial charge is 0.310 e. The standard InChI is InChI=1S/C24H31O4/c1-10-11(2)15-7-14(10)21-16-8-17(22(15)21)20(12(16)3)24(26)27-9-18-13-5-4-6-19(13)28-23(18)25/h4,6,10-11,13-19,21-22,26H,5,7-9H2,1-3H3/q-1/p-1/t10?,11?,13-,14?,15?,16?,17?,18+,19-,21?,22?/m1/s1. The number of carbonyl (C=O) groups excluding carboxylic acids is 1. The summed E-state index contributed by atoms with van der Waals surface area (Å²) < 4.78 is 11.2. The summed E-state index contributed by atoms with van der Waals surface area (Å²) in [6.07, 6.45) is 7.27. The Hall–Kier alpha value is -1.58. The fourth-order valence-corrected chi connectivity index (χ4v) is 8.41. The molecule has 1 saturated heterocycles. The van der Waals surface area contributed by atoms with Gasteiger partial charge in [-0.2, -0.15) is 5.57 Å². The normalized spacial score (nSPS) is 54.3. The van der Waals surface area contributed by atoms with Crippen LogP contribution in [0.1, 0.15) is 40.0 Å². The summed E-state index contributed by atoms with van der Waals surface area (Å²) in [5, 5.41) is 13.1. The Bertz CT molecular complexity index is 769. The lowest BCUT2D eigenvalue weighted by Gasteiger charge is -2.50. The maximum absolute atomic E-state index is 13.1. The molecule has 4 saturated carbocycles. The number of hydrogen-bond donors (Lipinski definition) is 0. The molecule has 152 valence electrons. The molecule has 6 rings (SSSR count). The molecule has 0 spiro atoms. The number of fused-ring (bicyclic) bond motifs is 10. The van der Waals surface area contributed by atoms with Gasteiger partial charge in [-0.25, -0.2) is 5.92 Å². The third kappa shape index (κ3) is 2.02. The molecule has 11 atom stereocenters. The Kier molecular flexibility index (Phi) is 3.54. The van der Waals surface area contributed by atoms with Gasteiger partial charge in [0.2, 0.25) is 0 Å². The van der Waals surface area contributed by atoms with Gasteiger partial charge in [0, 0.05) is 5.92 Å². The Labute approximate surface area is 167 Å². The molecule has 4 heteroatoms. The zero-order valence-electron chi connectivity index (χ0n) is 17.0. The van der Waals surface area contributed by atoms with E-state index in [1.807, 2.05) is 6.08 Å². The van der Waals surface area contributed by atoms with Crippen LogP contribution in [-0.4, -0.2) is 18.7 Å². The molecule has 0 aromatic rings. The maximum atomic E-state index is 13.1. The molecule has 8 unspecified atom stereocenters. The predicted octanol–water partition coefficient (Wildman–Crippen LogP) is 3.09. The van der Waals surface area contributed by atoms with E-state index in [2.05, 4.69) is 26.8 Å². The molecule has 0 amide bonds. The van der Waals surface area contributed by atoms with E-state index in [-0.39, 0.29) is 36.5 Å². The van der Waals surface area contributed by atoms with Gasteiger partial charge < -0.3 is 14.6 Å². The maximum Gasteiger partial charge on any atom is 0.310 e. The predicted molar refractivity (Wildman–Crippen MR) is 101 cm³/mol. The SMILES string of the molecule is C[C-]1C(=C([O-])OC[C@@H]2C(=O)O[C@@H]3C=CC[C@H]23)C2CC1C1C3CC(C(C)C3C)C21. The van der Waals surface area contributed by atoms with Crippen molar-refractivity contribution in [3.05, 3.63) is 29.6 Å². The third-order valence-corrected chi connectivity index (χ3v) is 9.79. The summed E-state index contributed by atoms with van der Waals surface area (Å²) in [6.45, 7) is 7.20. The summed E-state index contributed by atoms with van der Waals surface area (Å²) >= 11 is 0. The molecular formula is C24H30O4-2. The summed E-state index contributed by atoms with van der Waals surface area (Å²) in [5.74, 6) is 6.48. The van der Waals surface area contributed by atoms with E-state index < -0.39 is 0 Å². The lowest BCUT2D eigenvalue weighted by molar-refractivity contribution is -0.360. The van der Waals surface area contributed by atoms with Gasteiger partial charge in [-0.05, 0) is 66.9 Å². The minimum Gasteiger partial charge on any atom is -0.698 e. The van der Waals surface area contributed by atoms with Gasteiger partial charge in [0.15, 0.2) is 0 Å². The first-order valence-electron chi connectivity index (χ1n) is 11.2. The van der Waals surface area contributed by atoms with Gasteiger partial charge in [0.1, 0.15) is 6.10 Å². The molecular weight excluding hydrogens is 352 g/mol. The quantitative estimate of drug-likeness (QED) is 0.247. The molecule has 4 nitrogen and oxygen atoms in total. The van der Waals surface area contributed by atoms with Crippen LogP contribution in [0, 0.1) is 65.1 Å². The Balaban J connectivity index is 1.21. The van der Waals surface area contributed by atoms with Crippen molar-refractivity contribution in [2.45, 2.75) is 46.1 Å². The van der Waals surface area contributed by atoms with Crippen molar-refractivity contribution in [1.29, 1.82) is 0 Å². The van der Waals surface area contributed by atoms with E-state index in [0.29, 0.717) is 17.8 Å². The van der Waals surface area contributed by atoms with Crippen LogP contribution in [0.4, 0.5) is 0 Å². The molecule has 5 aliphatic carbocycles. The molecule has 5 fully saturated rings. The molecule has 0 aromatic carbocycles. The number of allylic oxidation sites excluding steroid dienone is 2. The van der Waals surface area contributed by atoms with Gasteiger partial charge >= 0.3 is 5.97 Å². The van der Waals surface area contributed by atoms with Crippen molar-refractivity contribution >= 4 is 5.97 Å². The van der Waals surface area contributed by atoms with Crippen LogP contribution >= 0.6 is 0 Å². The van der Waals surface area contributed by atoms with Crippen LogP contribution < -0.4 is 5.11 Å². The second-order valence-electron chi connectivity index (χ2n) is 10.4. The van der Waals surface area contributed by atoms with Gasteiger partial charge in [-0.1, -0.05) is 32.3 Å². The Morgan fingerprint density at radius 2 is 1.96 bits per heavy atom. The highest BCUT2D eigenvalue weighted by Gasteiger charge is 2.63. The van der Waals surface area contributed by atoms with Crippen molar-refractivity contribution in [3.63, 3.8) is 0 Å². The molecule has 1 heterocycles. The Morgan fingerprint density at radius 1 is 1.21 bits per heavy atom. The minimum atomic E-state index is -0.306. The highest BCUT2D eigenvalue weighted by atomic mass is 16.6. The van der Waals surface area contributed by atoms with Crippen LogP contribution in [-0.2, 0) is 14.3 Å². The van der Waals surface area contributed by atoms with Crippen LogP contribution in [0.5, 0.6) is 0 Å². The van der Waals surface area contributed by atoms with Crippen LogP contribution in [0.3, 0.4) is 0 Å². The minimum absolute atomic E-state index is 0.113. The molecule has 0 radical (unpaired) electrons. The lowest BCUT2D eigenvalue weighted by Crippen LogP contribution is -2.39. The molecule has 1 aliphatic heterocycles. The molecule has 28 heavy (non-hydrogen) atoms. The number of ether oxygens (including phenoxy) is 2. The zero-order valence-corrected chi connectivity index (χ0v) is 17.0. The van der Waals surface area contributed by atoms with E-state index in [1.165, 1.54) is 12.3 Å². The van der Waals surface area contributed by atoms with E-state index in [0.717, 1.165) is 48.0 Å². The number of hydrogen-bond acceptors (Lipinski definition) is 4. The second-order valence-corrected chi connectivity index (χ2v) is 10.4. The third-order valence-electron chi connectivity index (χ3n) is 9.79. The fraction of sp³-hybridized carbons (Fsp3) is 0.750. The highest BCUT2D eigenvalue weighted by Crippen LogP contribution is 2.73. The van der Waals surface area contributed by atoms with Crippen LogP contribution in [0.25, 0.3) is 0 Å². The number of carbonyl (C=O) groups is 1. The summed E-state index contributed by atoms with van der Waals surface area (Å²) in [5.41, 5.74) is 0.964. The van der Waals surface area contributed by atoms with E-state index in [9.17, 15) is 9.90 Å². The summed E-state index contributed by atoms with van der Waals surface area (Å²) in [4.78, 5) is 12.2. The summed E-state index contributed by atoms with van der Waals surface area (Å²) in [7, 11) is 0. The molecule has 4 bridgehead atoms. The van der Waals surface area contributed by atoms with Gasteiger partial charge in [-0.15, -0.1) is 12.9 Å². The second kappa shape index (κ2) is 5.73. The first kappa shape index (κ1) is 17.3. The van der Waals surface area contributed by atoms with Gasteiger partial charge in [0.25, 0.3) is 0 Å². The Morgan fingerprint density at radius 3 is 2.75 bits per heavy atom. The number of esters is 1. The van der Waals surface area contributed by atoms with E-state index in [1.54, 1.807) is 0 Å². The van der Waals surface area contributed by atoms with Crippen molar-refractivity contribution in [3.8, 4) is 0 Å². The average Bonchev–Trinajstić information content (AvgIpc) is 3.44. The van der Waals surface area contributed by atoms with Gasteiger partial charge in [-0.3, -0.25) is 4.79 Å². The molecule has 6 aliphatic rings. The summed E-state index contributed by atoms with van der Waals surface area (Å²) in [6, 6.07) is 0. The van der Waals surface area contributed by atoms with Crippen molar-refractivity contribution in [1.82, 2.24) is 0 Å². The number of rotatable bonds is 3. The monoisotopic (exact) mass is 382 g/mol. The van der Waals surface area contributed by atoms with E-state index in [4.69, 9.17) is 9.47 Å². The van der Waals surface area contributed by atoms with Crippen LogP contribution in [0.2, 0.25) is 0 Å². The van der Waals surface area contributed by atoms with Crippen molar-refractivity contribution in [2.75, 3.05) is 6.61 Å². The van der Waals surface area contributed by atoms with Crippen molar-refractivity contribution < 1.29 is 19.4 Å². The average molecular weight is 383 g/mol. The van der Waals surface area contributed by atoms with E-state index >= 15 is 0 Å². The fourth-order valence-electron chi connectivity index (χ4n) is 8.41. The zero-order chi connectivity index (χ0) is 19.3. The highest BCUT2D eigenvalue weighted by molar-refractivity contribution is 5.76. The first-order chi connectivity index (χ1) is 13.5. The largest absolute Gasteiger partial charge is 0.698 e. The van der Waals surface area contributed by atoms with Gasteiger partial charge in [0.05, 0.1) is 5.92 Å². The topological polar surface area (TPSA) is 58.6 Å². The molecule has 0 N–H and O–H groups in total. The lowest BCUT2D eigenvalue weighted by atomic mass is 9.61. The molecule has 0 aromatic heterocycles. The first-order valence-corrected chi connectivity index (χ1v) is 11.2.